The van der Waals surface area contributed by atoms with Crippen LogP contribution in [0.4, 0.5) is 0 Å². The normalized spacial score (nSPS) is 27.7. The summed E-state index contributed by atoms with van der Waals surface area (Å²) in [4.78, 5) is 12.4. The van der Waals surface area contributed by atoms with Crippen molar-refractivity contribution in [3.8, 4) is 11.8 Å². The monoisotopic (exact) mass is 388 g/mol. The molecule has 1 atom stereocenters. The van der Waals surface area contributed by atoms with E-state index in [1.807, 2.05) is 65.8 Å². The topological polar surface area (TPSA) is 55.8 Å². The maximum atomic E-state index is 12.4. The standard InChI is InChI=1S/C21H27BO4.H2S/c1-18(2)12-13-21(24,17(18)23)11-10-15-8-7-9-16(14-15)22-25-19(3,4)20(5,6)26-22;/h7-9,14,24H,12-13H2,1-6H3;1H2/t21-;/m1./s1. The van der Waals surface area contributed by atoms with Crippen molar-refractivity contribution in [3.05, 3.63) is 29.8 Å². The Kier molecular flexibility index (Phi) is 5.69. The van der Waals surface area contributed by atoms with Crippen molar-refractivity contribution in [1.29, 1.82) is 0 Å². The van der Waals surface area contributed by atoms with Gasteiger partial charge in [0.05, 0.1) is 11.2 Å². The van der Waals surface area contributed by atoms with E-state index in [-0.39, 0.29) is 19.3 Å². The maximum absolute atomic E-state index is 12.4. The Morgan fingerprint density at radius 1 is 1.04 bits per heavy atom. The van der Waals surface area contributed by atoms with Crippen molar-refractivity contribution in [2.75, 3.05) is 0 Å². The largest absolute Gasteiger partial charge is 0.494 e. The summed E-state index contributed by atoms with van der Waals surface area (Å²) in [5.74, 6) is 5.58. The fourth-order valence-corrected chi connectivity index (χ4v) is 3.32. The lowest BCUT2D eigenvalue weighted by atomic mass is 9.78. The lowest BCUT2D eigenvalue weighted by molar-refractivity contribution is -0.135. The van der Waals surface area contributed by atoms with E-state index in [2.05, 4.69) is 11.8 Å². The van der Waals surface area contributed by atoms with Gasteiger partial charge in [-0.15, -0.1) is 0 Å². The lowest BCUT2D eigenvalue weighted by Gasteiger charge is -2.32. The van der Waals surface area contributed by atoms with Crippen LogP contribution >= 0.6 is 13.5 Å². The van der Waals surface area contributed by atoms with Crippen LogP contribution in [-0.2, 0) is 14.1 Å². The number of hydrogen-bond acceptors (Lipinski definition) is 4. The van der Waals surface area contributed by atoms with Gasteiger partial charge in [0.1, 0.15) is 0 Å². The van der Waals surface area contributed by atoms with E-state index in [9.17, 15) is 9.90 Å². The Balaban J connectivity index is 0.00000261. The fourth-order valence-electron chi connectivity index (χ4n) is 3.32. The average molecular weight is 388 g/mol. The predicted octanol–water partition coefficient (Wildman–Crippen LogP) is 2.57. The molecule has 0 unspecified atom stereocenters. The third-order valence-electron chi connectivity index (χ3n) is 5.93. The minimum atomic E-state index is -1.55. The molecule has 1 aliphatic carbocycles. The van der Waals surface area contributed by atoms with E-state index >= 15 is 0 Å². The molecule has 27 heavy (non-hydrogen) atoms. The molecule has 0 bridgehead atoms. The molecule has 2 fully saturated rings. The van der Waals surface area contributed by atoms with Crippen LogP contribution < -0.4 is 5.46 Å². The number of rotatable bonds is 1. The number of carbonyl (C=O) groups excluding carboxylic acids is 1. The van der Waals surface area contributed by atoms with Crippen LogP contribution in [0, 0.1) is 17.3 Å². The summed E-state index contributed by atoms with van der Waals surface area (Å²) in [6, 6.07) is 7.57. The van der Waals surface area contributed by atoms with Gasteiger partial charge in [0.25, 0.3) is 0 Å². The van der Waals surface area contributed by atoms with E-state index < -0.39 is 29.3 Å². The summed E-state index contributed by atoms with van der Waals surface area (Å²) >= 11 is 0. The molecule has 2 aliphatic rings. The number of carbonyl (C=O) groups is 1. The molecule has 1 saturated heterocycles. The molecule has 0 radical (unpaired) electrons. The number of hydrogen-bond donors (Lipinski definition) is 1. The minimum absolute atomic E-state index is 0. The van der Waals surface area contributed by atoms with Crippen molar-refractivity contribution < 1.29 is 19.2 Å². The Bertz CT molecular complexity index is 790. The van der Waals surface area contributed by atoms with Gasteiger partial charge in [-0.3, -0.25) is 4.79 Å². The molecule has 1 saturated carbocycles. The first-order valence-electron chi connectivity index (χ1n) is 9.12. The number of aliphatic hydroxyl groups is 1. The molecule has 6 heteroatoms. The van der Waals surface area contributed by atoms with Gasteiger partial charge in [-0.1, -0.05) is 37.8 Å². The van der Waals surface area contributed by atoms with Crippen LogP contribution in [-0.4, -0.2) is 34.8 Å². The SMILES string of the molecule is CC1(C)CC[C@](O)(C#Cc2cccc(B3OC(C)(C)C(C)(C)O3)c2)C1=O.S. The zero-order valence-corrected chi connectivity index (χ0v) is 18.0. The summed E-state index contributed by atoms with van der Waals surface area (Å²) in [7, 11) is -0.461. The number of benzene rings is 1. The highest BCUT2D eigenvalue weighted by molar-refractivity contribution is 7.59. The first kappa shape index (κ1) is 22.0. The molecule has 0 amide bonds. The Labute approximate surface area is 169 Å². The minimum Gasteiger partial charge on any atom is -0.399 e. The van der Waals surface area contributed by atoms with E-state index in [0.29, 0.717) is 12.8 Å². The molecule has 3 rings (SSSR count). The first-order chi connectivity index (χ1) is 11.9. The maximum Gasteiger partial charge on any atom is 0.494 e. The van der Waals surface area contributed by atoms with Gasteiger partial charge in [-0.25, -0.2) is 0 Å². The lowest BCUT2D eigenvalue weighted by Crippen LogP contribution is -2.41. The summed E-state index contributed by atoms with van der Waals surface area (Å²) in [5, 5.41) is 10.6. The Morgan fingerprint density at radius 3 is 2.15 bits per heavy atom. The van der Waals surface area contributed by atoms with Crippen LogP contribution in [0.2, 0.25) is 0 Å². The zero-order valence-electron chi connectivity index (χ0n) is 17.0. The second-order valence-electron chi connectivity index (χ2n) is 9.04. The summed E-state index contributed by atoms with van der Waals surface area (Å²) in [5.41, 5.74) is -1.28. The number of ketones is 1. The molecular formula is C21H29BO4S. The van der Waals surface area contributed by atoms with Crippen LogP contribution in [0.1, 0.15) is 59.9 Å². The van der Waals surface area contributed by atoms with Crippen LogP contribution in [0.3, 0.4) is 0 Å². The molecule has 1 aromatic carbocycles. The summed E-state index contributed by atoms with van der Waals surface area (Å²) < 4.78 is 12.1. The third kappa shape index (κ3) is 3.98. The van der Waals surface area contributed by atoms with Gasteiger partial charge in [0.2, 0.25) is 0 Å². The smallest absolute Gasteiger partial charge is 0.399 e. The van der Waals surface area contributed by atoms with E-state index in [1.165, 1.54) is 0 Å². The molecule has 1 heterocycles. The van der Waals surface area contributed by atoms with Gasteiger partial charge in [0.15, 0.2) is 11.4 Å². The van der Waals surface area contributed by atoms with Crippen molar-refractivity contribution >= 4 is 31.9 Å². The van der Waals surface area contributed by atoms with Crippen molar-refractivity contribution in [2.24, 2.45) is 5.41 Å². The summed E-state index contributed by atoms with van der Waals surface area (Å²) in [6.07, 6.45) is 1.02. The van der Waals surface area contributed by atoms with Crippen molar-refractivity contribution in [3.63, 3.8) is 0 Å². The molecule has 1 aliphatic heterocycles. The molecule has 0 aromatic heterocycles. The third-order valence-corrected chi connectivity index (χ3v) is 5.93. The van der Waals surface area contributed by atoms with Gasteiger partial charge in [-0.05, 0) is 58.1 Å². The second kappa shape index (κ2) is 6.97. The van der Waals surface area contributed by atoms with Crippen LogP contribution in [0.25, 0.3) is 0 Å². The average Bonchev–Trinajstić information content (AvgIpc) is 2.90. The highest BCUT2D eigenvalue weighted by Gasteiger charge is 2.52. The van der Waals surface area contributed by atoms with Crippen molar-refractivity contribution in [1.82, 2.24) is 0 Å². The van der Waals surface area contributed by atoms with Gasteiger partial charge < -0.3 is 14.4 Å². The number of Topliss-reactive ketones (excluding diaryl/α,β-unsaturated/α-hetero) is 1. The van der Waals surface area contributed by atoms with E-state index in [0.717, 1.165) is 11.0 Å². The molecule has 146 valence electrons. The van der Waals surface area contributed by atoms with Gasteiger partial charge >= 0.3 is 7.12 Å². The Hall–Kier alpha value is -1.26. The van der Waals surface area contributed by atoms with Crippen molar-refractivity contribution in [2.45, 2.75) is 71.2 Å². The Morgan fingerprint density at radius 2 is 1.63 bits per heavy atom. The second-order valence-corrected chi connectivity index (χ2v) is 9.04. The molecule has 1 N–H and O–H groups in total. The van der Waals surface area contributed by atoms with Crippen LogP contribution in [0.15, 0.2) is 24.3 Å². The zero-order chi connectivity index (χ0) is 19.4. The predicted molar refractivity (Wildman–Crippen MR) is 112 cm³/mol. The molecule has 1 aromatic rings. The van der Waals surface area contributed by atoms with Gasteiger partial charge in [0, 0.05) is 11.0 Å². The summed E-state index contributed by atoms with van der Waals surface area (Å²) in [6.45, 7) is 11.8. The highest BCUT2D eigenvalue weighted by atomic mass is 32.1. The quantitative estimate of drug-likeness (QED) is 0.594. The van der Waals surface area contributed by atoms with E-state index in [4.69, 9.17) is 9.31 Å². The van der Waals surface area contributed by atoms with Gasteiger partial charge in [-0.2, -0.15) is 13.5 Å². The highest BCUT2D eigenvalue weighted by Crippen LogP contribution is 2.40. The fraction of sp³-hybridized carbons (Fsp3) is 0.571. The molecular weight excluding hydrogens is 359 g/mol. The van der Waals surface area contributed by atoms with Crippen LogP contribution in [0.5, 0.6) is 0 Å². The van der Waals surface area contributed by atoms with E-state index in [1.54, 1.807) is 0 Å². The molecule has 0 spiro atoms. The molecule has 4 nitrogen and oxygen atoms in total. The first-order valence-corrected chi connectivity index (χ1v) is 9.12.